The molecule has 0 bridgehead atoms. The molecule has 17 aromatic carbocycles. The molecule has 2 nitrogen and oxygen atoms in total. The Morgan fingerprint density at radius 2 is 0.347 bits per heavy atom. The minimum absolute atomic E-state index is 0.00247. The van der Waals surface area contributed by atoms with E-state index in [1.807, 2.05) is 0 Å². The fraction of sp³-hybridized carbons (Fsp3) is 0.311. The van der Waals surface area contributed by atoms with E-state index in [1.54, 1.807) is 0 Å². The summed E-state index contributed by atoms with van der Waals surface area (Å²) in [7, 11) is 0. The average molecular weight is 1970 g/mol. The van der Waals surface area contributed by atoms with Crippen molar-refractivity contribution in [1.29, 1.82) is 0 Å². The Kier molecular flexibility index (Phi) is 27.6. The molecule has 150 heavy (non-hydrogen) atoms. The van der Waals surface area contributed by atoms with Gasteiger partial charge in [-0.1, -0.05) is 502 Å². The first-order valence-electron chi connectivity index (χ1n) is 54.9. The third-order valence-corrected chi connectivity index (χ3v) is 32.0. The van der Waals surface area contributed by atoms with Gasteiger partial charge in [-0.2, -0.15) is 0 Å². The SMILES string of the molecule is CC(C)(C)c1cc(-c2cc(-c3cc(C(C)(C)C)cc(N(c4ccc(-c5ccccc5)cc4)c4ccc5c(c4)C(C)(C)c4ccccc4-5)c3-c3ccccc3)cc(C(C)(C)C)c2)cc(-c2cc(C(C)(C)C)cc(C(C)(C)C)c2)c1.CC(C)(C)c1cc(-c2cc(-c3cc(C(C)(C)C)cc(N(c4ccccc4)c4ccc5c(c4)C(C)(C)c4ccccc4-5)c3-c3ccccc3)cc(C(C)(C)C)c2)cc(-c2cc(C(C)(C)C)cc(C(C)(C)C)c2)c1. The van der Waals surface area contributed by atoms with Gasteiger partial charge in [-0.05, 0) is 340 Å². The molecule has 0 atom stereocenters. The smallest absolute Gasteiger partial charge is 0.0549 e. The van der Waals surface area contributed by atoms with Gasteiger partial charge in [0.25, 0.3) is 0 Å². The van der Waals surface area contributed by atoms with Crippen LogP contribution in [0.15, 0.2) is 364 Å². The first-order chi connectivity index (χ1) is 70.1. The van der Waals surface area contributed by atoms with Gasteiger partial charge in [-0.15, -0.1) is 0 Å². The van der Waals surface area contributed by atoms with Crippen molar-refractivity contribution in [2.45, 2.75) is 300 Å². The van der Waals surface area contributed by atoms with Crippen molar-refractivity contribution in [3.8, 4) is 122 Å². The molecule has 0 unspecified atom stereocenters. The van der Waals surface area contributed by atoms with Crippen molar-refractivity contribution < 1.29 is 0 Å². The molecular weight excluding hydrogens is 1810 g/mol. The van der Waals surface area contributed by atoms with Crippen LogP contribution in [0.2, 0.25) is 0 Å². The van der Waals surface area contributed by atoms with Gasteiger partial charge in [-0.3, -0.25) is 0 Å². The Labute approximate surface area is 902 Å². The topological polar surface area (TPSA) is 6.48 Å². The standard InChI is InChI=1S/C77H83N.C71H79N/c1-72(2,3)58-40-53(38-54(41-58)56-43-60(74(7,8)9)46-61(44-56)75(10,11)12)55-39-57(45-59(42-55)73(4,5)6)67-47-62(76(13,14)15)48-70(71(67)52-28-22-19-23-29-52)78(63-34-32-51(33-35-63)50-26-20-18-21-27-50)64-36-37-66-65-30-24-25-31-68(65)77(16,17)69(66)49-64;1-66(2,3)52-36-47(34-48(37-52)50-39-54(68(7,8)9)42-55(40-50)69(10,11)12)49-35-51(41-53(38-49)67(4,5)6)61-43-56(70(13,14)15)44-64(65(61)46-26-20-18-21-27-46)72(57-28-22-19-23-29-57)58-32-33-60-59-30-24-25-31-62(59)71(16,17)63(60)45-58/h18-49H,1-17H3;18-45H,1-17H3. The Morgan fingerprint density at radius 1 is 0.140 bits per heavy atom. The molecular formula is C148H162N2. The van der Waals surface area contributed by atoms with Crippen LogP contribution in [-0.2, 0) is 65.0 Å². The van der Waals surface area contributed by atoms with Crippen molar-refractivity contribution in [3.05, 3.63) is 442 Å². The van der Waals surface area contributed by atoms with Crippen molar-refractivity contribution >= 4 is 34.1 Å². The quantitative estimate of drug-likeness (QED) is 0.101. The van der Waals surface area contributed by atoms with Crippen LogP contribution in [0.25, 0.3) is 122 Å². The number of para-hydroxylation sites is 1. The second-order valence-electron chi connectivity index (χ2n) is 54.6. The molecule has 0 heterocycles. The van der Waals surface area contributed by atoms with Crippen molar-refractivity contribution in [2.24, 2.45) is 0 Å². The number of rotatable bonds is 15. The Balaban J connectivity index is 0.000000196. The third-order valence-electron chi connectivity index (χ3n) is 32.0. The van der Waals surface area contributed by atoms with E-state index in [9.17, 15) is 0 Å². The fourth-order valence-electron chi connectivity index (χ4n) is 22.1. The van der Waals surface area contributed by atoms with E-state index in [2.05, 4.69) is 609 Å². The maximum atomic E-state index is 2.56. The lowest BCUT2D eigenvalue weighted by Crippen LogP contribution is -2.18. The predicted molar refractivity (Wildman–Crippen MR) is 653 cm³/mol. The van der Waals surface area contributed by atoms with Crippen LogP contribution in [0, 0.1) is 0 Å². The molecule has 2 aliphatic carbocycles. The van der Waals surface area contributed by atoms with Crippen LogP contribution in [0.1, 0.15) is 313 Å². The van der Waals surface area contributed by atoms with Crippen LogP contribution in [0.5, 0.6) is 0 Å². The van der Waals surface area contributed by atoms with E-state index in [0.29, 0.717) is 0 Å². The average Bonchev–Trinajstić information content (AvgIpc) is 1.48. The monoisotopic (exact) mass is 1970 g/mol. The maximum Gasteiger partial charge on any atom is 0.0549 e. The summed E-state index contributed by atoms with van der Waals surface area (Å²) in [4.78, 5) is 5.09. The maximum absolute atomic E-state index is 2.56. The molecule has 0 spiro atoms. The molecule has 0 aromatic heterocycles. The van der Waals surface area contributed by atoms with Gasteiger partial charge >= 0.3 is 0 Å². The molecule has 0 N–H and O–H groups in total. The van der Waals surface area contributed by atoms with E-state index in [-0.39, 0.29) is 65.0 Å². The number of hydrogen-bond donors (Lipinski definition) is 0. The summed E-state index contributed by atoms with van der Waals surface area (Å²) in [5.74, 6) is 0. The molecule has 0 radical (unpaired) electrons. The zero-order valence-corrected chi connectivity index (χ0v) is 96.5. The van der Waals surface area contributed by atoms with Crippen LogP contribution >= 0.6 is 0 Å². The number of hydrogen-bond acceptors (Lipinski definition) is 2. The molecule has 0 aliphatic heterocycles. The number of benzene rings is 17. The van der Waals surface area contributed by atoms with E-state index < -0.39 is 0 Å². The van der Waals surface area contributed by atoms with E-state index in [1.165, 1.54) is 200 Å². The first-order valence-corrected chi connectivity index (χ1v) is 54.9. The zero-order valence-electron chi connectivity index (χ0n) is 96.5. The van der Waals surface area contributed by atoms with Crippen LogP contribution < -0.4 is 9.80 Å². The van der Waals surface area contributed by atoms with Gasteiger partial charge in [0.1, 0.15) is 0 Å². The van der Waals surface area contributed by atoms with E-state index in [4.69, 9.17) is 0 Å². The van der Waals surface area contributed by atoms with Crippen LogP contribution in [0.4, 0.5) is 34.1 Å². The van der Waals surface area contributed by atoms with Crippen molar-refractivity contribution in [1.82, 2.24) is 0 Å². The molecule has 2 aliphatic rings. The van der Waals surface area contributed by atoms with E-state index in [0.717, 1.165) is 34.1 Å². The van der Waals surface area contributed by atoms with Crippen molar-refractivity contribution in [3.63, 3.8) is 0 Å². The lowest BCUT2D eigenvalue weighted by molar-refractivity contribution is 0.568. The van der Waals surface area contributed by atoms with Gasteiger partial charge in [0.05, 0.1) is 11.4 Å². The highest BCUT2D eigenvalue weighted by molar-refractivity contribution is 6.02. The highest BCUT2D eigenvalue weighted by Gasteiger charge is 2.41. The first kappa shape index (κ1) is 106. The summed E-state index contributed by atoms with van der Waals surface area (Å²) in [5, 5.41) is 0. The summed E-state index contributed by atoms with van der Waals surface area (Å²) in [6.07, 6.45) is 0. The Morgan fingerprint density at radius 3 is 0.633 bits per heavy atom. The highest BCUT2D eigenvalue weighted by atomic mass is 15.2. The van der Waals surface area contributed by atoms with Gasteiger partial charge in [-0.25, -0.2) is 0 Å². The number of anilines is 6. The van der Waals surface area contributed by atoms with Crippen molar-refractivity contribution in [2.75, 3.05) is 9.80 Å². The lowest BCUT2D eigenvalue weighted by Gasteiger charge is -2.33. The van der Waals surface area contributed by atoms with Gasteiger partial charge < -0.3 is 9.80 Å². The largest absolute Gasteiger partial charge is 0.310 e. The summed E-state index contributed by atoms with van der Waals surface area (Å²) in [6, 6.07) is 140. The molecule has 0 amide bonds. The Hall–Kier alpha value is -13.7. The van der Waals surface area contributed by atoms with E-state index >= 15 is 0 Å². The third kappa shape index (κ3) is 21.6. The minimum atomic E-state index is -0.183. The molecule has 2 heteroatoms. The molecule has 0 saturated carbocycles. The molecule has 0 saturated heterocycles. The van der Waals surface area contributed by atoms with Gasteiger partial charge in [0.2, 0.25) is 0 Å². The summed E-state index contributed by atoms with van der Waals surface area (Å²) in [6.45, 7) is 80.0. The number of fused-ring (bicyclic) bond motifs is 6. The van der Waals surface area contributed by atoms with Gasteiger partial charge in [0, 0.05) is 44.7 Å². The second kappa shape index (κ2) is 39.0. The highest BCUT2D eigenvalue weighted by Crippen LogP contribution is 2.58. The van der Waals surface area contributed by atoms with Crippen LogP contribution in [-0.4, -0.2) is 0 Å². The second-order valence-corrected chi connectivity index (χ2v) is 54.6. The fourth-order valence-corrected chi connectivity index (χ4v) is 22.1. The summed E-state index contributed by atoms with van der Waals surface area (Å²) in [5.41, 5.74) is 51.9. The zero-order chi connectivity index (χ0) is 108. The van der Waals surface area contributed by atoms with Crippen LogP contribution in [0.3, 0.4) is 0 Å². The van der Waals surface area contributed by atoms with Gasteiger partial charge in [0.15, 0.2) is 0 Å². The molecule has 764 valence electrons. The molecule has 0 fully saturated rings. The molecule has 17 aromatic rings. The minimum Gasteiger partial charge on any atom is -0.310 e. The Bertz CT molecular complexity index is 7870. The summed E-state index contributed by atoms with van der Waals surface area (Å²) >= 11 is 0. The predicted octanol–water partition coefficient (Wildman–Crippen LogP) is 42.9. The lowest BCUT2D eigenvalue weighted by atomic mass is 9.77. The number of nitrogens with zero attached hydrogens (tertiary/aromatic N) is 2. The summed E-state index contributed by atoms with van der Waals surface area (Å²) < 4.78 is 0. The normalized spacial score (nSPS) is 13.6. The molecule has 19 rings (SSSR count).